The van der Waals surface area contributed by atoms with Gasteiger partial charge >= 0.3 is 0 Å². The summed E-state index contributed by atoms with van der Waals surface area (Å²) >= 11 is 1.63. The Morgan fingerprint density at radius 3 is 2.61 bits per heavy atom. The highest BCUT2D eigenvalue weighted by molar-refractivity contribution is 8.00. The van der Waals surface area contributed by atoms with Crippen molar-refractivity contribution in [2.45, 2.75) is 12.3 Å². The largest absolute Gasteiger partial charge is 0.355 e. The van der Waals surface area contributed by atoms with Crippen molar-refractivity contribution in [1.82, 2.24) is 5.32 Å². The molecular formula is C18H18N2O2S. The van der Waals surface area contributed by atoms with Gasteiger partial charge in [0.25, 0.3) is 5.91 Å². The first kappa shape index (κ1) is 15.6. The van der Waals surface area contributed by atoms with Crippen LogP contribution in [0.3, 0.4) is 0 Å². The van der Waals surface area contributed by atoms with Crippen LogP contribution in [0.1, 0.15) is 26.9 Å². The molecule has 1 fully saturated rings. The number of anilines is 1. The molecule has 1 heterocycles. The predicted octanol–water partition coefficient (Wildman–Crippen LogP) is 3.13. The monoisotopic (exact) mass is 326 g/mol. The molecule has 1 aliphatic heterocycles. The van der Waals surface area contributed by atoms with Gasteiger partial charge in [-0.05, 0) is 36.2 Å². The quantitative estimate of drug-likeness (QED) is 0.943. The summed E-state index contributed by atoms with van der Waals surface area (Å²) in [5.74, 6) is 0.442. The Bertz CT molecular complexity index is 746. The van der Waals surface area contributed by atoms with Gasteiger partial charge in [0.2, 0.25) is 5.91 Å². The van der Waals surface area contributed by atoms with Crippen LogP contribution in [0.15, 0.2) is 48.5 Å². The fraction of sp³-hybridized carbons (Fsp3) is 0.222. The van der Waals surface area contributed by atoms with Crippen LogP contribution in [0.4, 0.5) is 5.69 Å². The van der Waals surface area contributed by atoms with Crippen LogP contribution in [0.25, 0.3) is 0 Å². The van der Waals surface area contributed by atoms with E-state index in [0.717, 1.165) is 16.8 Å². The molecule has 2 aromatic rings. The molecule has 2 amide bonds. The highest BCUT2D eigenvalue weighted by Crippen LogP contribution is 2.42. The lowest BCUT2D eigenvalue weighted by Crippen LogP contribution is -2.28. The van der Waals surface area contributed by atoms with E-state index in [2.05, 4.69) is 5.32 Å². The molecule has 0 aromatic heterocycles. The summed E-state index contributed by atoms with van der Waals surface area (Å²) in [7, 11) is 1.61. The molecule has 3 rings (SSSR count). The van der Waals surface area contributed by atoms with E-state index >= 15 is 0 Å². The van der Waals surface area contributed by atoms with Crippen LogP contribution in [-0.2, 0) is 4.79 Å². The second-order valence-electron chi connectivity index (χ2n) is 5.42. The maximum absolute atomic E-state index is 12.4. The normalized spacial score (nSPS) is 17.4. The van der Waals surface area contributed by atoms with E-state index in [9.17, 15) is 9.59 Å². The molecule has 1 saturated heterocycles. The minimum absolute atomic E-state index is 0.0201. The van der Waals surface area contributed by atoms with E-state index in [1.165, 1.54) is 0 Å². The van der Waals surface area contributed by atoms with E-state index in [-0.39, 0.29) is 17.2 Å². The summed E-state index contributed by atoms with van der Waals surface area (Å²) in [5.41, 5.74) is 3.49. The number of carbonyl (C=O) groups is 2. The Morgan fingerprint density at radius 2 is 1.96 bits per heavy atom. The average Bonchev–Trinajstić information content (AvgIpc) is 2.96. The van der Waals surface area contributed by atoms with Crippen molar-refractivity contribution in [2.24, 2.45) is 0 Å². The highest BCUT2D eigenvalue weighted by atomic mass is 32.2. The second-order valence-corrected chi connectivity index (χ2v) is 6.49. The molecule has 1 atom stereocenters. The minimum Gasteiger partial charge on any atom is -0.355 e. The molecule has 118 valence electrons. The first-order valence-electron chi connectivity index (χ1n) is 7.43. The highest BCUT2D eigenvalue weighted by Gasteiger charge is 2.34. The van der Waals surface area contributed by atoms with Crippen molar-refractivity contribution < 1.29 is 9.59 Å². The number of nitrogens with zero attached hydrogens (tertiary/aromatic N) is 1. The maximum atomic E-state index is 12.4. The molecule has 4 nitrogen and oxygen atoms in total. The molecule has 0 aliphatic carbocycles. The minimum atomic E-state index is -0.124. The van der Waals surface area contributed by atoms with Gasteiger partial charge in [-0.3, -0.25) is 14.5 Å². The Balaban J connectivity index is 1.98. The van der Waals surface area contributed by atoms with Gasteiger partial charge in [0.15, 0.2) is 0 Å². The number of aryl methyl sites for hydroxylation is 1. The third-order valence-corrected chi connectivity index (χ3v) is 5.11. The molecular weight excluding hydrogens is 308 g/mol. The fourth-order valence-electron chi connectivity index (χ4n) is 2.76. The van der Waals surface area contributed by atoms with Gasteiger partial charge < -0.3 is 5.32 Å². The molecule has 1 unspecified atom stereocenters. The maximum Gasteiger partial charge on any atom is 0.251 e. The molecule has 2 aromatic carbocycles. The average molecular weight is 326 g/mol. The predicted molar refractivity (Wildman–Crippen MR) is 93.7 cm³/mol. The van der Waals surface area contributed by atoms with Gasteiger partial charge in [-0.1, -0.05) is 30.3 Å². The third-order valence-electron chi connectivity index (χ3n) is 3.90. The van der Waals surface area contributed by atoms with E-state index in [1.54, 1.807) is 24.9 Å². The topological polar surface area (TPSA) is 49.4 Å². The van der Waals surface area contributed by atoms with E-state index < -0.39 is 0 Å². The third kappa shape index (κ3) is 2.97. The fourth-order valence-corrected chi connectivity index (χ4v) is 3.93. The van der Waals surface area contributed by atoms with Gasteiger partial charge in [-0.2, -0.15) is 0 Å². The number of thioether (sulfide) groups is 1. The number of hydrogen-bond acceptors (Lipinski definition) is 3. The van der Waals surface area contributed by atoms with E-state index in [4.69, 9.17) is 0 Å². The summed E-state index contributed by atoms with van der Waals surface area (Å²) in [6, 6.07) is 15.5. The zero-order valence-electron chi connectivity index (χ0n) is 13.1. The Morgan fingerprint density at radius 1 is 1.22 bits per heavy atom. The SMILES string of the molecule is CNC(=O)c1ccc(N2C(=O)CSC2c2ccccc2)c(C)c1. The number of carbonyl (C=O) groups excluding carboxylic acids is 2. The summed E-state index contributed by atoms with van der Waals surface area (Å²) < 4.78 is 0. The molecule has 5 heteroatoms. The summed E-state index contributed by atoms with van der Waals surface area (Å²) in [6.45, 7) is 1.93. The summed E-state index contributed by atoms with van der Waals surface area (Å²) in [4.78, 5) is 26.0. The zero-order chi connectivity index (χ0) is 16.4. The zero-order valence-corrected chi connectivity index (χ0v) is 13.9. The molecule has 0 saturated carbocycles. The van der Waals surface area contributed by atoms with E-state index in [1.807, 2.05) is 54.3 Å². The number of rotatable bonds is 3. The Kier molecular flexibility index (Phi) is 4.39. The lowest BCUT2D eigenvalue weighted by atomic mass is 10.1. The first-order valence-corrected chi connectivity index (χ1v) is 8.48. The molecule has 0 bridgehead atoms. The standard InChI is InChI=1S/C18H18N2O2S/c1-12-10-14(17(22)19-2)8-9-15(12)20-16(21)11-23-18(20)13-6-4-3-5-7-13/h3-10,18H,11H2,1-2H3,(H,19,22). The van der Waals surface area contributed by atoms with Crippen molar-refractivity contribution >= 4 is 29.3 Å². The van der Waals surface area contributed by atoms with E-state index in [0.29, 0.717) is 11.3 Å². The molecule has 1 N–H and O–H groups in total. The lowest BCUT2D eigenvalue weighted by Gasteiger charge is -2.26. The number of benzene rings is 2. The van der Waals surface area contributed by atoms with Crippen molar-refractivity contribution in [2.75, 3.05) is 17.7 Å². The van der Waals surface area contributed by atoms with Gasteiger partial charge in [-0.25, -0.2) is 0 Å². The van der Waals surface area contributed by atoms with Crippen molar-refractivity contribution in [3.63, 3.8) is 0 Å². The molecule has 0 spiro atoms. The van der Waals surface area contributed by atoms with Crippen LogP contribution in [0.2, 0.25) is 0 Å². The Labute approximate surface area is 139 Å². The van der Waals surface area contributed by atoms with Crippen molar-refractivity contribution in [3.05, 3.63) is 65.2 Å². The van der Waals surface area contributed by atoms with Gasteiger partial charge in [0.1, 0.15) is 5.37 Å². The van der Waals surface area contributed by atoms with Crippen LogP contribution < -0.4 is 10.2 Å². The van der Waals surface area contributed by atoms with Crippen LogP contribution in [0.5, 0.6) is 0 Å². The molecule has 23 heavy (non-hydrogen) atoms. The smallest absolute Gasteiger partial charge is 0.251 e. The van der Waals surface area contributed by atoms with Gasteiger partial charge in [0.05, 0.1) is 5.75 Å². The lowest BCUT2D eigenvalue weighted by molar-refractivity contribution is -0.115. The Hall–Kier alpha value is -2.27. The second kappa shape index (κ2) is 6.46. The summed E-state index contributed by atoms with van der Waals surface area (Å²) in [5, 5.41) is 2.60. The first-order chi connectivity index (χ1) is 11.1. The van der Waals surface area contributed by atoms with Crippen LogP contribution >= 0.6 is 11.8 Å². The van der Waals surface area contributed by atoms with Gasteiger partial charge in [0, 0.05) is 18.3 Å². The van der Waals surface area contributed by atoms with Gasteiger partial charge in [-0.15, -0.1) is 11.8 Å². The van der Waals surface area contributed by atoms with Crippen LogP contribution in [0, 0.1) is 6.92 Å². The van der Waals surface area contributed by atoms with Crippen LogP contribution in [-0.4, -0.2) is 24.6 Å². The number of amides is 2. The number of nitrogens with one attached hydrogen (secondary N) is 1. The number of hydrogen-bond donors (Lipinski definition) is 1. The molecule has 0 radical (unpaired) electrons. The van der Waals surface area contributed by atoms with Crippen molar-refractivity contribution in [1.29, 1.82) is 0 Å². The molecule has 1 aliphatic rings. The summed E-state index contributed by atoms with van der Waals surface area (Å²) in [6.07, 6.45) is 0. The van der Waals surface area contributed by atoms with Crippen molar-refractivity contribution in [3.8, 4) is 0 Å².